The minimum Gasteiger partial charge on any atom is -0.460 e. The monoisotopic (exact) mass is 374 g/mol. The smallest absolute Gasteiger partial charge is 0.310 e. The molecule has 0 radical (unpaired) electrons. The molecular formula is C21H23FO3S. The third-order valence-electron chi connectivity index (χ3n) is 3.63. The molecule has 138 valence electrons. The van der Waals surface area contributed by atoms with Crippen LogP contribution in [0.1, 0.15) is 47.8 Å². The van der Waals surface area contributed by atoms with E-state index in [1.165, 1.54) is 11.8 Å². The van der Waals surface area contributed by atoms with Gasteiger partial charge in [0.1, 0.15) is 11.4 Å². The first-order chi connectivity index (χ1) is 12.2. The summed E-state index contributed by atoms with van der Waals surface area (Å²) in [5, 5.41) is 0. The second kappa shape index (κ2) is 8.49. The van der Waals surface area contributed by atoms with Gasteiger partial charge >= 0.3 is 5.97 Å². The Morgan fingerprint density at radius 1 is 1.19 bits per heavy atom. The number of ether oxygens (including phenoxy) is 1. The van der Waals surface area contributed by atoms with Crippen molar-refractivity contribution in [2.24, 2.45) is 0 Å². The molecule has 0 fully saturated rings. The van der Waals surface area contributed by atoms with Crippen molar-refractivity contribution in [2.45, 2.75) is 50.4 Å². The molecule has 0 bridgehead atoms. The number of aryl methyl sites for hydroxylation is 1. The Morgan fingerprint density at radius 3 is 2.54 bits per heavy atom. The Balaban J connectivity index is 2.05. The third-order valence-corrected chi connectivity index (χ3v) is 4.74. The van der Waals surface area contributed by atoms with Crippen LogP contribution in [0.15, 0.2) is 41.3 Å². The van der Waals surface area contributed by atoms with Crippen molar-refractivity contribution in [3.63, 3.8) is 0 Å². The Labute approximate surface area is 157 Å². The maximum Gasteiger partial charge on any atom is 0.310 e. The summed E-state index contributed by atoms with van der Waals surface area (Å²) >= 11 is 1.33. The van der Waals surface area contributed by atoms with Gasteiger partial charge in [-0.25, -0.2) is 4.39 Å². The topological polar surface area (TPSA) is 43.4 Å². The molecule has 0 N–H and O–H groups in total. The highest BCUT2D eigenvalue weighted by atomic mass is 32.2. The number of halogens is 1. The number of benzene rings is 2. The number of hydrogen-bond acceptors (Lipinski definition) is 4. The molecule has 0 aliphatic carbocycles. The van der Waals surface area contributed by atoms with Crippen LogP contribution in [0.25, 0.3) is 0 Å². The van der Waals surface area contributed by atoms with Gasteiger partial charge in [0, 0.05) is 10.6 Å². The molecule has 0 aliphatic heterocycles. The lowest BCUT2D eigenvalue weighted by Crippen LogP contribution is -2.24. The Morgan fingerprint density at radius 2 is 1.88 bits per heavy atom. The van der Waals surface area contributed by atoms with Crippen molar-refractivity contribution in [3.8, 4) is 0 Å². The number of hydrogen-bond donors (Lipinski definition) is 0. The second-order valence-electron chi connectivity index (χ2n) is 7.10. The number of esters is 1. The Hall–Kier alpha value is -2.14. The van der Waals surface area contributed by atoms with E-state index in [-0.39, 0.29) is 18.0 Å². The minimum absolute atomic E-state index is 0.105. The molecule has 5 heteroatoms. The maximum absolute atomic E-state index is 14.3. The zero-order chi connectivity index (χ0) is 19.3. The van der Waals surface area contributed by atoms with Crippen LogP contribution in [0, 0.1) is 12.7 Å². The molecule has 3 nitrogen and oxygen atoms in total. The van der Waals surface area contributed by atoms with E-state index in [0.29, 0.717) is 22.5 Å². The highest BCUT2D eigenvalue weighted by Gasteiger charge is 2.16. The Kier molecular flexibility index (Phi) is 6.59. The fraction of sp³-hybridized carbons (Fsp3) is 0.333. The van der Waals surface area contributed by atoms with E-state index in [4.69, 9.17) is 4.74 Å². The van der Waals surface area contributed by atoms with Crippen LogP contribution < -0.4 is 0 Å². The first-order valence-electron chi connectivity index (χ1n) is 8.36. The molecule has 2 rings (SSSR count). The van der Waals surface area contributed by atoms with Gasteiger partial charge < -0.3 is 4.74 Å². The van der Waals surface area contributed by atoms with Crippen LogP contribution in [-0.2, 0) is 21.7 Å². The van der Waals surface area contributed by atoms with Crippen molar-refractivity contribution in [2.75, 3.05) is 0 Å². The number of aldehydes is 1. The number of carbonyl (C=O) groups is 2. The lowest BCUT2D eigenvalue weighted by atomic mass is 10.1. The normalized spacial score (nSPS) is 11.3. The quantitative estimate of drug-likeness (QED) is 0.400. The molecular weight excluding hydrogens is 351 g/mol. The first kappa shape index (κ1) is 20.2. The summed E-state index contributed by atoms with van der Waals surface area (Å²) in [5.74, 6) is -0.210. The maximum atomic E-state index is 14.3. The van der Waals surface area contributed by atoms with Crippen molar-refractivity contribution in [3.05, 3.63) is 64.5 Å². The van der Waals surface area contributed by atoms with Crippen LogP contribution in [0.5, 0.6) is 0 Å². The predicted molar refractivity (Wildman–Crippen MR) is 102 cm³/mol. The molecule has 0 aliphatic rings. The van der Waals surface area contributed by atoms with E-state index in [2.05, 4.69) is 0 Å². The molecule has 26 heavy (non-hydrogen) atoms. The highest BCUT2D eigenvalue weighted by molar-refractivity contribution is 7.98. The fourth-order valence-corrected chi connectivity index (χ4v) is 3.36. The molecule has 2 aromatic rings. The van der Waals surface area contributed by atoms with E-state index in [1.54, 1.807) is 19.1 Å². The summed E-state index contributed by atoms with van der Waals surface area (Å²) < 4.78 is 19.7. The van der Waals surface area contributed by atoms with Crippen LogP contribution in [0.4, 0.5) is 4.39 Å². The zero-order valence-electron chi connectivity index (χ0n) is 15.5. The number of thioether (sulfide) groups is 1. The molecule has 0 spiro atoms. The summed E-state index contributed by atoms with van der Waals surface area (Å²) in [4.78, 5) is 23.4. The number of rotatable bonds is 6. The van der Waals surface area contributed by atoms with E-state index in [9.17, 15) is 14.0 Å². The van der Waals surface area contributed by atoms with Gasteiger partial charge in [0.15, 0.2) is 6.29 Å². The van der Waals surface area contributed by atoms with E-state index < -0.39 is 11.4 Å². The lowest BCUT2D eigenvalue weighted by Gasteiger charge is -2.19. The first-order valence-corrected chi connectivity index (χ1v) is 9.35. The second-order valence-corrected chi connectivity index (χ2v) is 8.12. The van der Waals surface area contributed by atoms with E-state index in [1.807, 2.05) is 45.0 Å². The van der Waals surface area contributed by atoms with Gasteiger partial charge in [-0.1, -0.05) is 30.3 Å². The molecule has 0 saturated carbocycles. The van der Waals surface area contributed by atoms with Crippen molar-refractivity contribution in [1.29, 1.82) is 0 Å². The summed E-state index contributed by atoms with van der Waals surface area (Å²) in [7, 11) is 0. The zero-order valence-corrected chi connectivity index (χ0v) is 16.3. The summed E-state index contributed by atoms with van der Waals surface area (Å²) in [6.07, 6.45) is 0.750. The number of carbonyl (C=O) groups excluding carboxylic acids is 2. The van der Waals surface area contributed by atoms with Gasteiger partial charge in [0.05, 0.1) is 12.0 Å². The van der Waals surface area contributed by atoms with Gasteiger partial charge in [-0.3, -0.25) is 9.59 Å². The largest absolute Gasteiger partial charge is 0.460 e. The average Bonchev–Trinajstić information content (AvgIpc) is 2.53. The SMILES string of the molecule is Cc1ccc(SCc2cccc(CC(=O)OC(C)(C)C)c2)c(F)c1C=O. The van der Waals surface area contributed by atoms with Gasteiger partial charge in [-0.2, -0.15) is 0 Å². The third kappa shape index (κ3) is 5.70. The summed E-state index contributed by atoms with van der Waals surface area (Å²) in [5.41, 5.74) is 2.05. The molecule has 0 unspecified atom stereocenters. The van der Waals surface area contributed by atoms with Gasteiger partial charge in [0.2, 0.25) is 0 Å². The van der Waals surface area contributed by atoms with Crippen LogP contribution in [0.2, 0.25) is 0 Å². The predicted octanol–water partition coefficient (Wildman–Crippen LogP) is 5.12. The van der Waals surface area contributed by atoms with Gasteiger partial charge in [0.25, 0.3) is 0 Å². The molecule has 0 amide bonds. The standard InChI is InChI=1S/C21H23FO3S/c1-14-8-9-18(20(22)17(14)12-23)26-13-16-7-5-6-15(10-16)11-19(24)25-21(2,3)4/h5-10,12H,11,13H2,1-4H3. The summed E-state index contributed by atoms with van der Waals surface area (Å²) in [6.45, 7) is 7.21. The van der Waals surface area contributed by atoms with Crippen molar-refractivity contribution in [1.82, 2.24) is 0 Å². The van der Waals surface area contributed by atoms with Crippen molar-refractivity contribution >= 4 is 24.0 Å². The molecule has 0 aromatic heterocycles. The Bertz CT molecular complexity index is 809. The van der Waals surface area contributed by atoms with Crippen LogP contribution >= 0.6 is 11.8 Å². The molecule has 0 heterocycles. The van der Waals surface area contributed by atoms with Crippen LogP contribution in [0.3, 0.4) is 0 Å². The van der Waals surface area contributed by atoms with Crippen LogP contribution in [-0.4, -0.2) is 17.9 Å². The van der Waals surface area contributed by atoms with Gasteiger partial charge in [-0.15, -0.1) is 11.8 Å². The molecule has 0 atom stereocenters. The van der Waals surface area contributed by atoms with Crippen molar-refractivity contribution < 1.29 is 18.7 Å². The molecule has 2 aromatic carbocycles. The fourth-order valence-electron chi connectivity index (χ4n) is 2.46. The van der Waals surface area contributed by atoms with E-state index >= 15 is 0 Å². The average molecular weight is 374 g/mol. The van der Waals surface area contributed by atoms with Gasteiger partial charge in [-0.05, 0) is 50.5 Å². The minimum atomic E-state index is -0.510. The highest BCUT2D eigenvalue weighted by Crippen LogP contribution is 2.28. The lowest BCUT2D eigenvalue weighted by molar-refractivity contribution is -0.153. The molecule has 0 saturated heterocycles. The van der Waals surface area contributed by atoms with E-state index in [0.717, 1.165) is 11.1 Å². The summed E-state index contributed by atoms with van der Waals surface area (Å²) in [6, 6.07) is 11.0.